The molecule has 0 aromatic heterocycles. The van der Waals surface area contributed by atoms with Crippen LogP contribution in [0.5, 0.6) is 0 Å². The van der Waals surface area contributed by atoms with Crippen LogP contribution >= 0.6 is 0 Å². The van der Waals surface area contributed by atoms with E-state index in [9.17, 15) is 4.39 Å². The minimum absolute atomic E-state index is 0.120. The number of hydrogen-bond acceptors (Lipinski definition) is 1. The number of hydrogen-bond donors (Lipinski definition) is 1. The lowest BCUT2D eigenvalue weighted by Gasteiger charge is -2.06. The van der Waals surface area contributed by atoms with Crippen molar-refractivity contribution >= 4 is 0 Å². The highest BCUT2D eigenvalue weighted by Gasteiger charge is 2.02. The van der Waals surface area contributed by atoms with Crippen LogP contribution in [0.25, 0.3) is 0 Å². The fraction of sp³-hybridized carbons (Fsp3) is 0.400. The van der Waals surface area contributed by atoms with Crippen LogP contribution in [0, 0.1) is 19.7 Å². The lowest BCUT2D eigenvalue weighted by molar-refractivity contribution is 0.613. The van der Waals surface area contributed by atoms with Crippen LogP contribution in [-0.2, 0) is 6.54 Å². The van der Waals surface area contributed by atoms with Crippen LogP contribution in [0.1, 0.15) is 16.7 Å². The van der Waals surface area contributed by atoms with Crippen molar-refractivity contribution in [3.8, 4) is 0 Å². The van der Waals surface area contributed by atoms with Crippen LogP contribution in [-0.4, -0.2) is 7.05 Å². The van der Waals surface area contributed by atoms with Crippen molar-refractivity contribution in [2.75, 3.05) is 7.05 Å². The molecule has 1 N–H and O–H groups in total. The second kappa shape index (κ2) is 3.68. The molecule has 0 heterocycles. The second-order valence-electron chi connectivity index (χ2n) is 3.06. The van der Waals surface area contributed by atoms with Gasteiger partial charge in [-0.3, -0.25) is 0 Å². The molecule has 1 nitrogen and oxygen atoms in total. The van der Waals surface area contributed by atoms with Crippen molar-refractivity contribution < 1.29 is 4.39 Å². The van der Waals surface area contributed by atoms with Gasteiger partial charge < -0.3 is 5.32 Å². The Labute approximate surface area is 72.6 Å². The van der Waals surface area contributed by atoms with Gasteiger partial charge in [-0.05, 0) is 43.7 Å². The first kappa shape index (κ1) is 9.20. The summed E-state index contributed by atoms with van der Waals surface area (Å²) in [4.78, 5) is 0. The zero-order valence-corrected chi connectivity index (χ0v) is 7.74. The molecule has 0 radical (unpaired) electrons. The third-order valence-electron chi connectivity index (χ3n) is 1.98. The van der Waals surface area contributed by atoms with Gasteiger partial charge in [0.1, 0.15) is 5.82 Å². The Morgan fingerprint density at radius 2 is 1.92 bits per heavy atom. The van der Waals surface area contributed by atoms with E-state index in [1.165, 1.54) is 0 Å². The van der Waals surface area contributed by atoms with Crippen LogP contribution in [0.15, 0.2) is 12.1 Å². The maximum Gasteiger partial charge on any atom is 0.126 e. The van der Waals surface area contributed by atoms with Gasteiger partial charge in [0.15, 0.2) is 0 Å². The Morgan fingerprint density at radius 3 is 2.50 bits per heavy atom. The molecule has 0 amide bonds. The molecule has 0 unspecified atom stereocenters. The van der Waals surface area contributed by atoms with Crippen LogP contribution < -0.4 is 5.32 Å². The quantitative estimate of drug-likeness (QED) is 0.711. The summed E-state index contributed by atoms with van der Waals surface area (Å²) in [5.41, 5.74) is 2.89. The normalized spacial score (nSPS) is 10.3. The average molecular weight is 167 g/mol. The second-order valence-corrected chi connectivity index (χ2v) is 3.06. The molecule has 2 heteroatoms. The molecule has 0 spiro atoms. The highest BCUT2D eigenvalue weighted by atomic mass is 19.1. The summed E-state index contributed by atoms with van der Waals surface area (Å²) in [6.45, 7) is 4.51. The minimum Gasteiger partial charge on any atom is -0.316 e. The van der Waals surface area contributed by atoms with Crippen LogP contribution in [0.3, 0.4) is 0 Å². The van der Waals surface area contributed by atoms with Gasteiger partial charge in [-0.15, -0.1) is 0 Å². The van der Waals surface area contributed by atoms with E-state index in [0.717, 1.165) is 17.7 Å². The minimum atomic E-state index is -0.120. The molecule has 66 valence electrons. The molecule has 0 bridgehead atoms. The summed E-state index contributed by atoms with van der Waals surface area (Å²) in [5.74, 6) is -0.120. The molecule has 1 aromatic carbocycles. The Morgan fingerprint density at radius 1 is 1.25 bits per heavy atom. The Bertz CT molecular complexity index is 281. The van der Waals surface area contributed by atoms with Gasteiger partial charge in [-0.1, -0.05) is 6.07 Å². The van der Waals surface area contributed by atoms with Crippen LogP contribution in [0.4, 0.5) is 4.39 Å². The molecule has 0 aliphatic heterocycles. The molecular formula is C10H14FN. The SMILES string of the molecule is CNCc1cc(F)c(C)cc1C. The highest BCUT2D eigenvalue weighted by Crippen LogP contribution is 2.14. The molecule has 0 saturated heterocycles. The summed E-state index contributed by atoms with van der Waals surface area (Å²) in [6, 6.07) is 3.48. The first-order valence-corrected chi connectivity index (χ1v) is 4.05. The number of rotatable bonds is 2. The fourth-order valence-corrected chi connectivity index (χ4v) is 1.25. The topological polar surface area (TPSA) is 12.0 Å². The van der Waals surface area contributed by atoms with Gasteiger partial charge in [0.2, 0.25) is 0 Å². The molecule has 12 heavy (non-hydrogen) atoms. The molecule has 1 aromatic rings. The van der Waals surface area contributed by atoms with E-state index in [2.05, 4.69) is 5.32 Å². The fourth-order valence-electron chi connectivity index (χ4n) is 1.25. The van der Waals surface area contributed by atoms with E-state index in [-0.39, 0.29) is 5.82 Å². The molecule has 0 saturated carbocycles. The third kappa shape index (κ3) is 1.83. The monoisotopic (exact) mass is 167 g/mol. The smallest absolute Gasteiger partial charge is 0.126 e. The predicted octanol–water partition coefficient (Wildman–Crippen LogP) is 2.16. The van der Waals surface area contributed by atoms with E-state index in [0.29, 0.717) is 5.56 Å². The van der Waals surface area contributed by atoms with Crippen LogP contribution in [0.2, 0.25) is 0 Å². The summed E-state index contributed by atoms with van der Waals surface area (Å²) in [7, 11) is 1.86. The summed E-state index contributed by atoms with van der Waals surface area (Å²) in [6.07, 6.45) is 0. The van der Waals surface area contributed by atoms with Gasteiger partial charge in [0.05, 0.1) is 0 Å². The summed E-state index contributed by atoms with van der Waals surface area (Å²) >= 11 is 0. The van der Waals surface area contributed by atoms with E-state index >= 15 is 0 Å². The largest absolute Gasteiger partial charge is 0.316 e. The van der Waals surface area contributed by atoms with Crippen molar-refractivity contribution in [1.82, 2.24) is 5.32 Å². The Balaban J connectivity index is 3.05. The van der Waals surface area contributed by atoms with Gasteiger partial charge in [0.25, 0.3) is 0 Å². The van der Waals surface area contributed by atoms with E-state index < -0.39 is 0 Å². The molecular weight excluding hydrogens is 153 g/mol. The van der Waals surface area contributed by atoms with Crippen molar-refractivity contribution in [2.45, 2.75) is 20.4 Å². The molecule has 0 fully saturated rings. The third-order valence-corrected chi connectivity index (χ3v) is 1.98. The Kier molecular flexibility index (Phi) is 2.82. The summed E-state index contributed by atoms with van der Waals surface area (Å²) in [5, 5.41) is 3.00. The lowest BCUT2D eigenvalue weighted by atomic mass is 10.1. The molecule has 0 atom stereocenters. The summed E-state index contributed by atoms with van der Waals surface area (Å²) < 4.78 is 13.1. The first-order chi connectivity index (χ1) is 5.65. The number of nitrogens with one attached hydrogen (secondary N) is 1. The zero-order chi connectivity index (χ0) is 9.14. The van der Waals surface area contributed by atoms with Gasteiger partial charge in [0, 0.05) is 6.54 Å². The maximum atomic E-state index is 13.1. The average Bonchev–Trinajstić information content (AvgIpc) is 2.01. The molecule has 0 aliphatic rings. The number of halogens is 1. The molecule has 1 rings (SSSR count). The number of aryl methyl sites for hydroxylation is 2. The van der Waals surface area contributed by atoms with E-state index in [1.807, 2.05) is 20.0 Å². The predicted molar refractivity (Wildman–Crippen MR) is 48.6 cm³/mol. The van der Waals surface area contributed by atoms with Gasteiger partial charge in [-0.2, -0.15) is 0 Å². The van der Waals surface area contributed by atoms with Gasteiger partial charge >= 0.3 is 0 Å². The highest BCUT2D eigenvalue weighted by molar-refractivity contribution is 5.31. The standard InChI is InChI=1S/C10H14FN/c1-7-4-8(2)10(11)5-9(7)6-12-3/h4-5,12H,6H2,1-3H3. The lowest BCUT2D eigenvalue weighted by Crippen LogP contribution is -2.07. The van der Waals surface area contributed by atoms with Crippen molar-refractivity contribution in [3.05, 3.63) is 34.6 Å². The maximum absolute atomic E-state index is 13.1. The van der Waals surface area contributed by atoms with Crippen molar-refractivity contribution in [1.29, 1.82) is 0 Å². The van der Waals surface area contributed by atoms with E-state index in [1.54, 1.807) is 13.0 Å². The zero-order valence-electron chi connectivity index (χ0n) is 7.74. The molecule has 0 aliphatic carbocycles. The number of benzene rings is 1. The van der Waals surface area contributed by atoms with Gasteiger partial charge in [-0.25, -0.2) is 4.39 Å². The van der Waals surface area contributed by atoms with Crippen molar-refractivity contribution in [2.24, 2.45) is 0 Å². The Hall–Kier alpha value is -0.890. The van der Waals surface area contributed by atoms with E-state index in [4.69, 9.17) is 0 Å². The first-order valence-electron chi connectivity index (χ1n) is 4.05. The van der Waals surface area contributed by atoms with Crippen molar-refractivity contribution in [3.63, 3.8) is 0 Å².